The molecule has 2 unspecified atom stereocenters. The summed E-state index contributed by atoms with van der Waals surface area (Å²) >= 11 is 0. The summed E-state index contributed by atoms with van der Waals surface area (Å²) in [6.07, 6.45) is 6.94. The Morgan fingerprint density at radius 1 is 1.44 bits per heavy atom. The molecule has 0 bridgehead atoms. The highest BCUT2D eigenvalue weighted by Crippen LogP contribution is 2.28. The minimum Gasteiger partial charge on any atom is -0.335 e. The number of amides is 1. The van der Waals surface area contributed by atoms with E-state index >= 15 is 0 Å². The van der Waals surface area contributed by atoms with E-state index in [4.69, 9.17) is 6.42 Å². The topological polar surface area (TPSA) is 20.3 Å². The number of nitrogens with zero attached hydrogens (tertiary/aromatic N) is 1. The Kier molecular flexibility index (Phi) is 3.72. The van der Waals surface area contributed by atoms with Crippen LogP contribution in [0.2, 0.25) is 0 Å². The zero-order valence-corrected chi connectivity index (χ0v) is 11.0. The van der Waals surface area contributed by atoms with E-state index in [0.717, 1.165) is 6.42 Å². The lowest BCUT2D eigenvalue weighted by Crippen LogP contribution is -2.28. The van der Waals surface area contributed by atoms with Crippen molar-refractivity contribution in [2.24, 2.45) is 5.92 Å². The Morgan fingerprint density at radius 2 is 2.11 bits per heavy atom. The van der Waals surface area contributed by atoms with Crippen LogP contribution in [0.3, 0.4) is 0 Å². The number of aryl methyl sites for hydroxylation is 1. The first-order chi connectivity index (χ1) is 8.65. The lowest BCUT2D eigenvalue weighted by atomic mass is 10.0. The van der Waals surface area contributed by atoms with Gasteiger partial charge in [-0.25, -0.2) is 0 Å². The van der Waals surface area contributed by atoms with Crippen molar-refractivity contribution in [3.63, 3.8) is 0 Å². The van der Waals surface area contributed by atoms with Crippen LogP contribution in [0.5, 0.6) is 0 Å². The van der Waals surface area contributed by atoms with Crippen LogP contribution in [0.15, 0.2) is 24.3 Å². The summed E-state index contributed by atoms with van der Waals surface area (Å²) in [5, 5.41) is 0. The molecule has 2 rings (SSSR count). The van der Waals surface area contributed by atoms with Gasteiger partial charge in [0.15, 0.2) is 0 Å². The monoisotopic (exact) mass is 241 g/mol. The van der Waals surface area contributed by atoms with E-state index in [1.165, 1.54) is 11.1 Å². The summed E-state index contributed by atoms with van der Waals surface area (Å²) < 4.78 is 0. The molecule has 1 aromatic carbocycles. The summed E-state index contributed by atoms with van der Waals surface area (Å²) in [7, 11) is 0. The minimum absolute atomic E-state index is 0.0786. The molecule has 1 fully saturated rings. The summed E-state index contributed by atoms with van der Waals surface area (Å²) in [6.45, 7) is 4.89. The van der Waals surface area contributed by atoms with Gasteiger partial charge in [0, 0.05) is 18.9 Å². The van der Waals surface area contributed by atoms with Gasteiger partial charge in [0.1, 0.15) is 0 Å². The number of carbonyl (C=O) groups is 1. The summed E-state index contributed by atoms with van der Waals surface area (Å²) in [5.41, 5.74) is 2.50. The predicted molar refractivity (Wildman–Crippen MR) is 72.9 cm³/mol. The molecule has 0 aromatic heterocycles. The standard InChI is InChI=1S/C16H19NO/c1-4-13-6-8-15(9-7-13)12(3)17-11-14(5-2)10-16(17)18/h2,6-9,12,14H,4,10-11H2,1,3H3. The Morgan fingerprint density at radius 3 is 2.61 bits per heavy atom. The second-order valence-corrected chi connectivity index (χ2v) is 4.88. The van der Waals surface area contributed by atoms with Gasteiger partial charge in [-0.15, -0.1) is 12.3 Å². The van der Waals surface area contributed by atoms with Crippen molar-refractivity contribution in [2.75, 3.05) is 6.54 Å². The molecular weight excluding hydrogens is 222 g/mol. The Hall–Kier alpha value is -1.75. The maximum absolute atomic E-state index is 11.9. The maximum atomic E-state index is 11.9. The number of hydrogen-bond donors (Lipinski definition) is 0. The molecule has 2 nitrogen and oxygen atoms in total. The van der Waals surface area contributed by atoms with Crippen LogP contribution in [0.4, 0.5) is 0 Å². The van der Waals surface area contributed by atoms with Crippen LogP contribution in [0, 0.1) is 18.3 Å². The van der Waals surface area contributed by atoms with Crippen LogP contribution in [0.1, 0.15) is 37.4 Å². The fourth-order valence-corrected chi connectivity index (χ4v) is 2.43. The predicted octanol–water partition coefficient (Wildman–Crippen LogP) is 2.79. The normalized spacial score (nSPS) is 20.8. The van der Waals surface area contributed by atoms with Gasteiger partial charge in [-0.3, -0.25) is 4.79 Å². The van der Waals surface area contributed by atoms with Crippen molar-refractivity contribution in [3.05, 3.63) is 35.4 Å². The van der Waals surface area contributed by atoms with E-state index in [2.05, 4.69) is 44.0 Å². The quantitative estimate of drug-likeness (QED) is 0.745. The lowest BCUT2D eigenvalue weighted by Gasteiger charge is -2.25. The van der Waals surface area contributed by atoms with E-state index < -0.39 is 0 Å². The number of hydrogen-bond acceptors (Lipinski definition) is 1. The van der Waals surface area contributed by atoms with E-state index in [1.807, 2.05) is 4.90 Å². The smallest absolute Gasteiger partial charge is 0.224 e. The third-order valence-electron chi connectivity index (χ3n) is 3.73. The summed E-state index contributed by atoms with van der Waals surface area (Å²) in [6, 6.07) is 8.59. The van der Waals surface area contributed by atoms with Gasteiger partial charge >= 0.3 is 0 Å². The molecule has 0 radical (unpaired) electrons. The van der Waals surface area contributed by atoms with E-state index in [0.29, 0.717) is 13.0 Å². The second kappa shape index (κ2) is 5.27. The second-order valence-electron chi connectivity index (χ2n) is 4.88. The van der Waals surface area contributed by atoms with Crippen LogP contribution in [-0.2, 0) is 11.2 Å². The molecule has 0 saturated carbocycles. The van der Waals surface area contributed by atoms with Crippen LogP contribution in [-0.4, -0.2) is 17.4 Å². The van der Waals surface area contributed by atoms with E-state index in [9.17, 15) is 4.79 Å². The van der Waals surface area contributed by atoms with E-state index in [-0.39, 0.29) is 17.9 Å². The van der Waals surface area contributed by atoms with Gasteiger partial charge < -0.3 is 4.90 Å². The number of likely N-dealkylation sites (tertiary alicyclic amines) is 1. The molecule has 1 aliphatic heterocycles. The highest BCUT2D eigenvalue weighted by Gasteiger charge is 2.31. The summed E-state index contributed by atoms with van der Waals surface area (Å²) in [4.78, 5) is 13.8. The third kappa shape index (κ3) is 2.41. The Bertz CT molecular complexity index is 469. The number of terminal acetylenes is 1. The molecule has 1 amide bonds. The zero-order chi connectivity index (χ0) is 13.1. The van der Waals surface area contributed by atoms with Crippen molar-refractivity contribution < 1.29 is 4.79 Å². The van der Waals surface area contributed by atoms with Crippen molar-refractivity contribution in [3.8, 4) is 12.3 Å². The third-order valence-corrected chi connectivity index (χ3v) is 3.73. The molecule has 0 spiro atoms. The summed E-state index contributed by atoms with van der Waals surface area (Å²) in [5.74, 6) is 2.94. The van der Waals surface area contributed by atoms with Crippen molar-refractivity contribution in [1.29, 1.82) is 0 Å². The Balaban J connectivity index is 2.13. The number of benzene rings is 1. The van der Waals surface area contributed by atoms with Crippen LogP contribution < -0.4 is 0 Å². The van der Waals surface area contributed by atoms with Gasteiger partial charge in [0.25, 0.3) is 0 Å². The molecule has 0 N–H and O–H groups in total. The molecule has 1 heterocycles. The number of carbonyl (C=O) groups excluding carboxylic acids is 1. The molecular formula is C16H19NO. The lowest BCUT2D eigenvalue weighted by molar-refractivity contribution is -0.129. The van der Waals surface area contributed by atoms with Gasteiger partial charge in [0.05, 0.1) is 6.04 Å². The highest BCUT2D eigenvalue weighted by molar-refractivity contribution is 5.79. The molecule has 18 heavy (non-hydrogen) atoms. The first kappa shape index (κ1) is 12.7. The number of rotatable bonds is 3. The van der Waals surface area contributed by atoms with Gasteiger partial charge in [0.2, 0.25) is 5.91 Å². The van der Waals surface area contributed by atoms with Crippen molar-refractivity contribution >= 4 is 5.91 Å². The highest BCUT2D eigenvalue weighted by atomic mass is 16.2. The van der Waals surface area contributed by atoms with Gasteiger partial charge in [-0.05, 0) is 24.5 Å². The van der Waals surface area contributed by atoms with Crippen molar-refractivity contribution in [1.82, 2.24) is 4.90 Å². The SMILES string of the molecule is C#CC1CC(=O)N(C(C)c2ccc(CC)cc2)C1. The fraction of sp³-hybridized carbons (Fsp3) is 0.438. The van der Waals surface area contributed by atoms with E-state index in [1.54, 1.807) is 0 Å². The van der Waals surface area contributed by atoms with Crippen LogP contribution >= 0.6 is 0 Å². The van der Waals surface area contributed by atoms with Crippen molar-refractivity contribution in [2.45, 2.75) is 32.7 Å². The van der Waals surface area contributed by atoms with Gasteiger partial charge in [-0.2, -0.15) is 0 Å². The van der Waals surface area contributed by atoms with Crippen LogP contribution in [0.25, 0.3) is 0 Å². The van der Waals surface area contributed by atoms with Gasteiger partial charge in [-0.1, -0.05) is 31.2 Å². The first-order valence-electron chi connectivity index (χ1n) is 6.50. The molecule has 1 saturated heterocycles. The fourth-order valence-electron chi connectivity index (χ4n) is 2.43. The molecule has 0 aliphatic carbocycles. The first-order valence-corrected chi connectivity index (χ1v) is 6.50. The average Bonchev–Trinajstić information content (AvgIpc) is 2.79. The minimum atomic E-state index is 0.0786. The molecule has 2 atom stereocenters. The largest absolute Gasteiger partial charge is 0.335 e. The maximum Gasteiger partial charge on any atom is 0.224 e. The molecule has 94 valence electrons. The molecule has 1 aliphatic rings. The molecule has 2 heteroatoms. The average molecular weight is 241 g/mol. The molecule has 1 aromatic rings. The zero-order valence-electron chi connectivity index (χ0n) is 11.0. The Labute approximate surface area is 109 Å².